The van der Waals surface area contributed by atoms with E-state index in [9.17, 15) is 43.2 Å². The smallest absolute Gasteiger partial charge is 0.381 e. The summed E-state index contributed by atoms with van der Waals surface area (Å²) in [5, 5.41) is 0. The Balaban J connectivity index is 2.12. The van der Waals surface area contributed by atoms with Gasteiger partial charge in [0.05, 0.1) is 0 Å². The van der Waals surface area contributed by atoms with Crippen molar-refractivity contribution in [2.45, 2.75) is 23.9 Å². The second-order valence-electron chi connectivity index (χ2n) is 4.86. The summed E-state index contributed by atoms with van der Waals surface area (Å²) in [5.74, 6) is -3.34. The van der Waals surface area contributed by atoms with Crippen LogP contribution in [0.25, 0.3) is 0 Å². The number of hydrogen-bond donors (Lipinski definition) is 0. The van der Waals surface area contributed by atoms with Crippen LogP contribution in [-0.4, -0.2) is 27.9 Å². The predicted octanol–water partition coefficient (Wildman–Crippen LogP) is 2.53. The Morgan fingerprint density at radius 1 is 0.750 bits per heavy atom. The Morgan fingerprint density at radius 3 is 1.29 bits per heavy atom. The zero-order valence-corrected chi connectivity index (χ0v) is 12.9. The maximum atomic E-state index is 12.3. The lowest BCUT2D eigenvalue weighted by molar-refractivity contribution is -0.0536. The van der Waals surface area contributed by atoms with Gasteiger partial charge < -0.3 is 8.37 Å². The Labute approximate surface area is 132 Å². The van der Waals surface area contributed by atoms with Gasteiger partial charge in [-0.25, -0.2) is 0 Å². The number of fused-ring (bicyclic) bond motifs is 1. The molecule has 0 saturated heterocycles. The van der Waals surface area contributed by atoms with Gasteiger partial charge in [0, 0.05) is 11.8 Å². The molecule has 0 aromatic carbocycles. The molecule has 0 N–H and O–H groups in total. The zero-order chi connectivity index (χ0) is 18.6. The molecule has 6 nitrogen and oxygen atoms in total. The van der Waals surface area contributed by atoms with Crippen molar-refractivity contribution in [1.82, 2.24) is 0 Å². The summed E-state index contributed by atoms with van der Waals surface area (Å²) in [6.07, 6.45) is 1.42. The highest BCUT2D eigenvalue weighted by atomic mass is 32.2. The Bertz CT molecular complexity index is 721. The standard InChI is InChI=1S/C10H8F6O6S2/c11-9(12,13)23(17,18)21-7-3-1-5-6(7)2-4-8(5)22-24(19,20)10(14,15)16/h3-6H,1-2H2/t5-,6-/m0/s1. The van der Waals surface area contributed by atoms with E-state index < -0.39 is 54.6 Å². The molecule has 0 spiro atoms. The Morgan fingerprint density at radius 2 is 1.04 bits per heavy atom. The molecule has 2 aliphatic carbocycles. The maximum absolute atomic E-state index is 12.3. The van der Waals surface area contributed by atoms with Gasteiger partial charge in [-0.3, -0.25) is 0 Å². The van der Waals surface area contributed by atoms with Crippen LogP contribution in [0, 0.1) is 11.8 Å². The van der Waals surface area contributed by atoms with Gasteiger partial charge in [-0.15, -0.1) is 0 Å². The molecule has 138 valence electrons. The van der Waals surface area contributed by atoms with Gasteiger partial charge in [0.1, 0.15) is 11.5 Å². The van der Waals surface area contributed by atoms with Crippen molar-refractivity contribution < 1.29 is 51.5 Å². The van der Waals surface area contributed by atoms with Crippen molar-refractivity contribution in [3.8, 4) is 0 Å². The summed E-state index contributed by atoms with van der Waals surface area (Å²) >= 11 is 0. The summed E-state index contributed by atoms with van der Waals surface area (Å²) < 4.78 is 125. The minimum absolute atomic E-state index is 0.230. The van der Waals surface area contributed by atoms with Crippen LogP contribution in [0.15, 0.2) is 23.7 Å². The first kappa shape index (κ1) is 18.9. The van der Waals surface area contributed by atoms with E-state index >= 15 is 0 Å². The first-order valence-corrected chi connectivity index (χ1v) is 8.89. The van der Waals surface area contributed by atoms with Crippen molar-refractivity contribution in [1.29, 1.82) is 0 Å². The summed E-state index contributed by atoms with van der Waals surface area (Å²) in [7, 11) is -11.9. The Hall–Kier alpha value is -1.44. The molecule has 0 bridgehead atoms. The normalized spacial score (nSPS) is 25.1. The number of allylic oxidation sites excluding steroid dienone is 4. The van der Waals surface area contributed by atoms with E-state index in [4.69, 9.17) is 0 Å². The molecule has 24 heavy (non-hydrogen) atoms. The molecular formula is C10H8F6O6S2. The molecule has 0 radical (unpaired) electrons. The quantitative estimate of drug-likeness (QED) is 0.408. The van der Waals surface area contributed by atoms with E-state index in [2.05, 4.69) is 8.37 Å². The van der Waals surface area contributed by atoms with Crippen LogP contribution in [0.5, 0.6) is 0 Å². The second-order valence-corrected chi connectivity index (χ2v) is 7.94. The topological polar surface area (TPSA) is 86.7 Å². The molecule has 0 saturated carbocycles. The number of rotatable bonds is 4. The fourth-order valence-corrected chi connectivity index (χ4v) is 3.36. The minimum atomic E-state index is -5.93. The summed E-state index contributed by atoms with van der Waals surface area (Å²) in [6.45, 7) is 0. The van der Waals surface area contributed by atoms with Crippen LogP contribution in [0.2, 0.25) is 0 Å². The van der Waals surface area contributed by atoms with Crippen LogP contribution < -0.4 is 0 Å². The van der Waals surface area contributed by atoms with Gasteiger partial charge in [-0.2, -0.15) is 43.2 Å². The summed E-state index contributed by atoms with van der Waals surface area (Å²) in [6, 6.07) is 0. The van der Waals surface area contributed by atoms with E-state index in [0.29, 0.717) is 0 Å². The molecular weight excluding hydrogens is 394 g/mol. The molecule has 2 rings (SSSR count). The number of alkyl halides is 6. The van der Waals surface area contributed by atoms with E-state index in [-0.39, 0.29) is 12.8 Å². The summed E-state index contributed by atoms with van der Waals surface area (Å²) in [5.41, 5.74) is -11.3. The molecule has 0 unspecified atom stereocenters. The molecule has 0 amide bonds. The molecule has 0 aromatic heterocycles. The van der Waals surface area contributed by atoms with Crippen LogP contribution in [-0.2, 0) is 28.6 Å². The van der Waals surface area contributed by atoms with Crippen LogP contribution in [0.1, 0.15) is 12.8 Å². The van der Waals surface area contributed by atoms with Gasteiger partial charge in [0.15, 0.2) is 0 Å². The van der Waals surface area contributed by atoms with Gasteiger partial charge >= 0.3 is 31.3 Å². The average molecular weight is 402 g/mol. The highest BCUT2D eigenvalue weighted by molar-refractivity contribution is 7.88. The van der Waals surface area contributed by atoms with Crippen molar-refractivity contribution >= 4 is 20.2 Å². The fraction of sp³-hybridized carbons (Fsp3) is 0.600. The monoisotopic (exact) mass is 402 g/mol. The molecule has 0 fully saturated rings. The minimum Gasteiger partial charge on any atom is -0.381 e. The van der Waals surface area contributed by atoms with Crippen molar-refractivity contribution in [2.75, 3.05) is 0 Å². The number of halogens is 6. The molecule has 2 aliphatic rings. The van der Waals surface area contributed by atoms with Gasteiger partial charge in [-0.05, 0) is 25.0 Å². The van der Waals surface area contributed by atoms with Crippen molar-refractivity contribution in [2.24, 2.45) is 11.8 Å². The molecule has 2 atom stereocenters. The van der Waals surface area contributed by atoms with Crippen molar-refractivity contribution in [3.05, 3.63) is 23.7 Å². The fourth-order valence-electron chi connectivity index (χ4n) is 2.29. The van der Waals surface area contributed by atoms with Gasteiger partial charge in [0.25, 0.3) is 0 Å². The molecule has 0 aliphatic heterocycles. The zero-order valence-electron chi connectivity index (χ0n) is 11.3. The average Bonchev–Trinajstić information content (AvgIpc) is 2.90. The van der Waals surface area contributed by atoms with Crippen LogP contribution in [0.3, 0.4) is 0 Å². The Kier molecular flexibility index (Phi) is 4.36. The van der Waals surface area contributed by atoms with Crippen LogP contribution in [0.4, 0.5) is 26.3 Å². The van der Waals surface area contributed by atoms with Crippen molar-refractivity contribution in [3.63, 3.8) is 0 Å². The molecule has 14 heteroatoms. The lowest BCUT2D eigenvalue weighted by Gasteiger charge is -2.18. The van der Waals surface area contributed by atoms with Crippen LogP contribution >= 0.6 is 0 Å². The van der Waals surface area contributed by atoms with E-state index in [1.165, 1.54) is 0 Å². The van der Waals surface area contributed by atoms with Gasteiger partial charge in [0.2, 0.25) is 0 Å². The number of hydrogen-bond acceptors (Lipinski definition) is 6. The van der Waals surface area contributed by atoms with Gasteiger partial charge in [-0.1, -0.05) is 0 Å². The summed E-state index contributed by atoms with van der Waals surface area (Å²) in [4.78, 5) is 0. The SMILES string of the molecule is O=S(=O)(OC1=CC[C@@H]2C(OS(=O)(=O)C(F)(F)F)=CC[C@H]12)C(F)(F)F. The third-order valence-corrected chi connectivity index (χ3v) is 5.30. The highest BCUT2D eigenvalue weighted by Gasteiger charge is 2.53. The third-order valence-electron chi connectivity index (χ3n) is 3.34. The largest absolute Gasteiger partial charge is 0.534 e. The first-order chi connectivity index (χ1) is 10.7. The third kappa shape index (κ3) is 3.34. The lowest BCUT2D eigenvalue weighted by atomic mass is 9.98. The van der Waals surface area contributed by atoms with E-state index in [1.54, 1.807) is 0 Å². The molecule has 0 heterocycles. The van der Waals surface area contributed by atoms with E-state index in [0.717, 1.165) is 12.2 Å². The first-order valence-electron chi connectivity index (χ1n) is 6.07. The lowest BCUT2D eigenvalue weighted by Crippen LogP contribution is -2.27. The highest BCUT2D eigenvalue weighted by Crippen LogP contribution is 2.47. The second kappa shape index (κ2) is 5.54. The maximum Gasteiger partial charge on any atom is 0.534 e. The predicted molar refractivity (Wildman–Crippen MR) is 64.5 cm³/mol. The molecule has 0 aromatic rings. The van der Waals surface area contributed by atoms with E-state index in [1.807, 2.05) is 0 Å².